The van der Waals surface area contributed by atoms with Crippen molar-refractivity contribution in [2.75, 3.05) is 0 Å². The molecule has 0 aromatic heterocycles. The normalized spacial score (nSPS) is 1.60. The van der Waals surface area contributed by atoms with Crippen molar-refractivity contribution in [3.63, 3.8) is 0 Å². The molecule has 2 nitrogen and oxygen atoms in total. The summed E-state index contributed by atoms with van der Waals surface area (Å²) in [6, 6.07) is 0. The van der Waals surface area contributed by atoms with Gasteiger partial charge in [-0.2, -0.15) is 0 Å². The van der Waals surface area contributed by atoms with Gasteiger partial charge in [0.05, 0.1) is 0 Å². The van der Waals surface area contributed by atoms with Crippen molar-refractivity contribution in [3.8, 4) is 0 Å². The molecule has 0 fully saturated rings. The van der Waals surface area contributed by atoms with Gasteiger partial charge in [0.15, 0.2) is 0 Å². The van der Waals surface area contributed by atoms with Crippen LogP contribution in [0.5, 0.6) is 0 Å². The highest BCUT2D eigenvalue weighted by Crippen LogP contribution is 0.868. The van der Waals surface area contributed by atoms with Crippen molar-refractivity contribution in [1.82, 2.24) is 0 Å². The van der Waals surface area contributed by atoms with E-state index in [9.17, 15) is 0 Å². The van der Waals surface area contributed by atoms with Gasteiger partial charge >= 0.3 is 0 Å². The molecular weight excluding hydrogens is 73.0 g/mol. The lowest BCUT2D eigenvalue weighted by molar-refractivity contribution is 0.563. The topological polar surface area (TPSA) is 40.9 Å². The Hall–Kier alpha value is -0.690. The SMILES string of the molecule is C.F.N=C=O. The number of hydrogen-bond donors (Lipinski definition) is 1. The number of isocyanates is 1. The Balaban J connectivity index is -0.0000000200. The van der Waals surface area contributed by atoms with Crippen LogP contribution in [-0.4, -0.2) is 6.08 Å². The van der Waals surface area contributed by atoms with Crippen LogP contribution in [0.2, 0.25) is 0 Å². The average Bonchev–Trinajstić information content (AvgIpc) is 0.918. The highest BCUT2D eigenvalue weighted by Gasteiger charge is 1.03. The molecule has 0 aliphatic carbocycles. The van der Waals surface area contributed by atoms with E-state index in [4.69, 9.17) is 10.2 Å². The van der Waals surface area contributed by atoms with Crippen molar-refractivity contribution >= 4 is 6.08 Å². The van der Waals surface area contributed by atoms with Crippen molar-refractivity contribution in [3.05, 3.63) is 0 Å². The zero-order valence-corrected chi connectivity index (χ0v) is 1.82. The van der Waals surface area contributed by atoms with Crippen LogP contribution in [-0.2, 0) is 4.79 Å². The molecule has 0 amide bonds. The summed E-state index contributed by atoms with van der Waals surface area (Å²) in [5, 5.41) is 5.40. The van der Waals surface area contributed by atoms with E-state index in [-0.39, 0.29) is 12.1 Å². The Labute approximate surface area is 29.7 Å². The molecule has 0 aromatic rings. The molecule has 5 heavy (non-hydrogen) atoms. The molecule has 32 valence electrons. The van der Waals surface area contributed by atoms with Gasteiger partial charge in [-0.1, -0.05) is 7.43 Å². The Bertz CT molecular complexity index is 30.6. The first-order valence-corrected chi connectivity index (χ1v) is 0.454. The van der Waals surface area contributed by atoms with E-state index in [1.54, 1.807) is 0 Å². The first kappa shape index (κ1) is 27.5. The fourth-order valence-corrected chi connectivity index (χ4v) is 0. The second kappa shape index (κ2) is 184. The molecule has 1 N–H and O–H groups in total. The number of halogens is 1. The Morgan fingerprint density at radius 3 is 1.60 bits per heavy atom. The quantitative estimate of drug-likeness (QED) is 0.337. The molecule has 0 spiro atoms. The average molecular weight is 79.1 g/mol. The van der Waals surface area contributed by atoms with Gasteiger partial charge in [-0.3, -0.25) is 4.70 Å². The zero-order chi connectivity index (χ0) is 2.71. The predicted molar refractivity (Wildman–Crippen MR) is 17.6 cm³/mol. The molecule has 0 radical (unpaired) electrons. The minimum Gasteiger partial charge on any atom is -0.269 e. The monoisotopic (exact) mass is 79.0 g/mol. The third-order valence-corrected chi connectivity index (χ3v) is 0. The van der Waals surface area contributed by atoms with Crippen LogP contribution in [0.15, 0.2) is 0 Å². The van der Waals surface area contributed by atoms with E-state index < -0.39 is 0 Å². The van der Waals surface area contributed by atoms with E-state index in [0.29, 0.717) is 0 Å². The molecule has 0 saturated carbocycles. The molecular formula is C2H6FNO. The molecule has 0 atom stereocenters. The Morgan fingerprint density at radius 1 is 1.60 bits per heavy atom. The number of carbonyl (C=O) groups excluding carboxylic acids is 1. The highest BCUT2D eigenvalue weighted by atomic mass is 19.0. The predicted octanol–water partition coefficient (Wildman–Crippen LogP) is 0.690. The highest BCUT2D eigenvalue weighted by molar-refractivity contribution is 5.26. The minimum absolute atomic E-state index is 0. The lowest BCUT2D eigenvalue weighted by Gasteiger charge is -1.02. The van der Waals surface area contributed by atoms with Crippen molar-refractivity contribution in [1.29, 1.82) is 5.41 Å². The van der Waals surface area contributed by atoms with E-state index in [0.717, 1.165) is 6.08 Å². The fourth-order valence-electron chi connectivity index (χ4n) is 0. The van der Waals surface area contributed by atoms with Gasteiger partial charge in [-0.15, -0.1) is 0 Å². The van der Waals surface area contributed by atoms with Crippen molar-refractivity contribution in [2.24, 2.45) is 0 Å². The largest absolute Gasteiger partial charge is 0.269 e. The second-order valence-corrected chi connectivity index (χ2v) is 0.102. The van der Waals surface area contributed by atoms with Crippen LogP contribution in [0, 0.1) is 5.41 Å². The van der Waals surface area contributed by atoms with Gasteiger partial charge in [0.1, 0.15) is 0 Å². The molecule has 0 aliphatic rings. The number of rotatable bonds is 0. The summed E-state index contributed by atoms with van der Waals surface area (Å²) in [5.74, 6) is 0. The van der Waals surface area contributed by atoms with E-state index in [1.807, 2.05) is 0 Å². The molecule has 0 unspecified atom stereocenters. The van der Waals surface area contributed by atoms with Gasteiger partial charge in [0, 0.05) is 0 Å². The van der Waals surface area contributed by atoms with Crippen LogP contribution in [0.1, 0.15) is 7.43 Å². The molecule has 0 heterocycles. The van der Waals surface area contributed by atoms with Crippen LogP contribution < -0.4 is 0 Å². The first-order valence-electron chi connectivity index (χ1n) is 0.454. The van der Waals surface area contributed by atoms with Gasteiger partial charge in [0.2, 0.25) is 6.08 Å². The van der Waals surface area contributed by atoms with Gasteiger partial charge in [-0.05, 0) is 0 Å². The fraction of sp³-hybridized carbons (Fsp3) is 0.500. The van der Waals surface area contributed by atoms with Crippen LogP contribution in [0.25, 0.3) is 0 Å². The summed E-state index contributed by atoms with van der Waals surface area (Å²) in [7, 11) is 0. The lowest BCUT2D eigenvalue weighted by atomic mass is 11.7. The number of nitrogens with one attached hydrogen (secondary N) is 1. The van der Waals surface area contributed by atoms with Gasteiger partial charge in [0.25, 0.3) is 0 Å². The maximum Gasteiger partial charge on any atom is 0.231 e. The molecule has 0 aromatic carbocycles. The molecule has 3 heteroatoms. The summed E-state index contributed by atoms with van der Waals surface area (Å²) in [6.45, 7) is 0. The molecule has 0 aliphatic heterocycles. The standard InChI is InChI=1S/CHNO.CH4.FH/c2-1-3;;/h2H;1H4;1H. The smallest absolute Gasteiger partial charge is 0.231 e. The molecule has 0 bridgehead atoms. The van der Waals surface area contributed by atoms with E-state index in [1.165, 1.54) is 0 Å². The van der Waals surface area contributed by atoms with Crippen LogP contribution in [0.4, 0.5) is 4.70 Å². The summed E-state index contributed by atoms with van der Waals surface area (Å²) in [5.41, 5.74) is 0. The first-order chi connectivity index (χ1) is 1.41. The maximum absolute atomic E-state index is 8.35. The van der Waals surface area contributed by atoms with Gasteiger partial charge in [-0.25, -0.2) is 10.2 Å². The third-order valence-electron chi connectivity index (χ3n) is 0. The second-order valence-electron chi connectivity index (χ2n) is 0.102. The zero-order valence-electron chi connectivity index (χ0n) is 1.82. The van der Waals surface area contributed by atoms with Crippen molar-refractivity contribution in [2.45, 2.75) is 7.43 Å². The molecule has 0 rings (SSSR count). The summed E-state index contributed by atoms with van der Waals surface area (Å²) >= 11 is 0. The number of hydrogen-bond acceptors (Lipinski definition) is 2. The van der Waals surface area contributed by atoms with E-state index in [2.05, 4.69) is 0 Å². The minimum atomic E-state index is 0. The summed E-state index contributed by atoms with van der Waals surface area (Å²) in [6.07, 6.45) is 0.750. The van der Waals surface area contributed by atoms with Crippen molar-refractivity contribution < 1.29 is 9.50 Å². The molecule has 0 saturated heterocycles. The van der Waals surface area contributed by atoms with Crippen LogP contribution in [0.3, 0.4) is 0 Å². The Morgan fingerprint density at radius 2 is 1.60 bits per heavy atom. The summed E-state index contributed by atoms with van der Waals surface area (Å²) in [4.78, 5) is 8.35. The maximum atomic E-state index is 8.35. The third kappa shape index (κ3) is 11.9. The van der Waals surface area contributed by atoms with Gasteiger partial charge < -0.3 is 0 Å². The lowest BCUT2D eigenvalue weighted by Crippen LogP contribution is -1.16. The Kier molecular flexibility index (Phi) is 1010. The van der Waals surface area contributed by atoms with E-state index >= 15 is 0 Å². The summed E-state index contributed by atoms with van der Waals surface area (Å²) < 4.78 is 0. The van der Waals surface area contributed by atoms with Crippen LogP contribution >= 0.6 is 0 Å².